The number of rotatable bonds is 6. The van der Waals surface area contributed by atoms with E-state index in [9.17, 15) is 14.7 Å². The summed E-state index contributed by atoms with van der Waals surface area (Å²) in [5, 5.41) is 12.6. The monoisotopic (exact) mass is 407 g/mol. The summed E-state index contributed by atoms with van der Waals surface area (Å²) >= 11 is 0. The maximum Gasteiger partial charge on any atom is 0.227 e. The normalized spacial score (nSPS) is 20.5. The quantitative estimate of drug-likeness (QED) is 0.771. The molecule has 2 aromatic carbocycles. The molecule has 0 spiro atoms. The first kappa shape index (κ1) is 20.6. The molecule has 2 heterocycles. The fraction of sp³-hybridized carbons (Fsp3) is 0.417. The Kier molecular flexibility index (Phi) is 6.45. The average molecular weight is 408 g/mol. The zero-order chi connectivity index (χ0) is 20.9. The lowest BCUT2D eigenvalue weighted by Gasteiger charge is -2.29. The molecule has 0 aromatic heterocycles. The molecule has 0 bridgehead atoms. The van der Waals surface area contributed by atoms with Crippen LogP contribution in [0.1, 0.15) is 30.4 Å². The first-order valence-corrected chi connectivity index (χ1v) is 10.7. The van der Waals surface area contributed by atoms with E-state index in [0.717, 1.165) is 43.7 Å². The zero-order valence-electron chi connectivity index (χ0n) is 17.2. The van der Waals surface area contributed by atoms with Crippen LogP contribution in [0.2, 0.25) is 0 Å². The number of carbonyl (C=O) groups is 2. The number of likely N-dealkylation sites (tertiary alicyclic amines) is 1. The van der Waals surface area contributed by atoms with E-state index in [1.54, 1.807) is 4.90 Å². The van der Waals surface area contributed by atoms with Crippen molar-refractivity contribution >= 4 is 17.5 Å². The van der Waals surface area contributed by atoms with E-state index in [1.165, 1.54) is 5.56 Å². The molecule has 0 radical (unpaired) electrons. The van der Waals surface area contributed by atoms with Gasteiger partial charge in [-0.2, -0.15) is 0 Å². The number of aliphatic hydroxyl groups is 1. The van der Waals surface area contributed by atoms with Gasteiger partial charge in [-0.25, -0.2) is 0 Å². The van der Waals surface area contributed by atoms with E-state index in [0.29, 0.717) is 13.1 Å². The molecule has 2 aromatic rings. The van der Waals surface area contributed by atoms with Crippen LogP contribution < -0.4 is 10.2 Å². The number of amides is 2. The third-order valence-corrected chi connectivity index (χ3v) is 6.02. The van der Waals surface area contributed by atoms with Crippen LogP contribution in [0.3, 0.4) is 0 Å². The Morgan fingerprint density at radius 1 is 1.00 bits per heavy atom. The van der Waals surface area contributed by atoms with Crippen molar-refractivity contribution in [2.24, 2.45) is 5.92 Å². The number of piperidine rings is 1. The number of hydrogen-bond donors (Lipinski definition) is 2. The molecule has 2 aliphatic heterocycles. The first-order chi connectivity index (χ1) is 14.6. The first-order valence-electron chi connectivity index (χ1n) is 10.7. The summed E-state index contributed by atoms with van der Waals surface area (Å²) in [5.74, 6) is -0.389. The van der Waals surface area contributed by atoms with Gasteiger partial charge in [0, 0.05) is 44.8 Å². The Balaban J connectivity index is 1.25. The lowest BCUT2D eigenvalue weighted by Crippen LogP contribution is -2.35. The van der Waals surface area contributed by atoms with E-state index >= 15 is 0 Å². The van der Waals surface area contributed by atoms with Crippen LogP contribution in [0.25, 0.3) is 0 Å². The highest BCUT2D eigenvalue weighted by molar-refractivity contribution is 6.00. The Morgan fingerprint density at radius 2 is 1.67 bits per heavy atom. The molecule has 2 saturated heterocycles. The largest absolute Gasteiger partial charge is 0.393 e. The van der Waals surface area contributed by atoms with Gasteiger partial charge in [0.05, 0.1) is 12.0 Å². The number of hydrogen-bond acceptors (Lipinski definition) is 4. The minimum atomic E-state index is -0.313. The van der Waals surface area contributed by atoms with Crippen molar-refractivity contribution in [2.75, 3.05) is 24.5 Å². The molecule has 1 atom stereocenters. The molecule has 6 nitrogen and oxygen atoms in total. The third kappa shape index (κ3) is 5.07. The van der Waals surface area contributed by atoms with Crippen LogP contribution in [0, 0.1) is 5.92 Å². The van der Waals surface area contributed by atoms with Gasteiger partial charge in [0.2, 0.25) is 11.8 Å². The SMILES string of the molecule is O=C(NCc1ccc(CN2CCC(O)CC2)cc1)C1CC(=O)N(c2ccccc2)C1. The van der Waals surface area contributed by atoms with Gasteiger partial charge in [-0.1, -0.05) is 42.5 Å². The molecular weight excluding hydrogens is 378 g/mol. The number of benzene rings is 2. The number of carbonyl (C=O) groups excluding carboxylic acids is 2. The lowest BCUT2D eigenvalue weighted by atomic mass is 10.1. The van der Waals surface area contributed by atoms with E-state index in [-0.39, 0.29) is 30.3 Å². The summed E-state index contributed by atoms with van der Waals surface area (Å²) in [5.41, 5.74) is 3.13. The maximum absolute atomic E-state index is 12.6. The predicted molar refractivity (Wildman–Crippen MR) is 116 cm³/mol. The zero-order valence-corrected chi connectivity index (χ0v) is 17.2. The molecule has 1 unspecified atom stereocenters. The predicted octanol–water partition coefficient (Wildman–Crippen LogP) is 2.31. The van der Waals surface area contributed by atoms with Crippen molar-refractivity contribution in [3.05, 3.63) is 65.7 Å². The van der Waals surface area contributed by atoms with Crippen molar-refractivity contribution in [3.8, 4) is 0 Å². The van der Waals surface area contributed by atoms with Gasteiger partial charge >= 0.3 is 0 Å². The third-order valence-electron chi connectivity index (χ3n) is 6.02. The molecule has 2 amide bonds. The van der Waals surface area contributed by atoms with Crippen molar-refractivity contribution in [1.82, 2.24) is 10.2 Å². The molecule has 2 fully saturated rings. The molecule has 6 heteroatoms. The van der Waals surface area contributed by atoms with Crippen LogP contribution >= 0.6 is 0 Å². The van der Waals surface area contributed by atoms with Crippen LogP contribution in [-0.4, -0.2) is 47.6 Å². The smallest absolute Gasteiger partial charge is 0.227 e. The lowest BCUT2D eigenvalue weighted by molar-refractivity contribution is -0.126. The second-order valence-corrected chi connectivity index (χ2v) is 8.28. The fourth-order valence-corrected chi connectivity index (χ4v) is 4.17. The van der Waals surface area contributed by atoms with E-state index in [4.69, 9.17) is 0 Å². The van der Waals surface area contributed by atoms with Crippen molar-refractivity contribution in [2.45, 2.75) is 38.5 Å². The molecule has 2 N–H and O–H groups in total. The summed E-state index contributed by atoms with van der Waals surface area (Å²) in [6.07, 6.45) is 1.79. The molecule has 158 valence electrons. The summed E-state index contributed by atoms with van der Waals surface area (Å²) in [4.78, 5) is 28.9. The highest BCUT2D eigenvalue weighted by Crippen LogP contribution is 2.25. The van der Waals surface area contributed by atoms with Gasteiger partial charge < -0.3 is 15.3 Å². The number of para-hydroxylation sites is 1. The van der Waals surface area contributed by atoms with E-state index < -0.39 is 0 Å². The van der Waals surface area contributed by atoms with Crippen LogP contribution in [0.4, 0.5) is 5.69 Å². The Morgan fingerprint density at radius 3 is 2.37 bits per heavy atom. The van der Waals surface area contributed by atoms with Crippen molar-refractivity contribution in [1.29, 1.82) is 0 Å². The maximum atomic E-state index is 12.6. The van der Waals surface area contributed by atoms with Gasteiger partial charge in [-0.05, 0) is 36.1 Å². The fourth-order valence-electron chi connectivity index (χ4n) is 4.17. The van der Waals surface area contributed by atoms with Crippen molar-refractivity contribution < 1.29 is 14.7 Å². The minimum Gasteiger partial charge on any atom is -0.393 e. The van der Waals surface area contributed by atoms with E-state index in [2.05, 4.69) is 22.3 Å². The summed E-state index contributed by atoms with van der Waals surface area (Å²) in [6, 6.07) is 17.8. The van der Waals surface area contributed by atoms with Crippen LogP contribution in [0.15, 0.2) is 54.6 Å². The summed E-state index contributed by atoms with van der Waals surface area (Å²) in [6.45, 7) is 3.64. The second kappa shape index (κ2) is 9.41. The van der Waals surface area contributed by atoms with Gasteiger partial charge in [-0.3, -0.25) is 14.5 Å². The van der Waals surface area contributed by atoms with Crippen molar-refractivity contribution in [3.63, 3.8) is 0 Å². The highest BCUT2D eigenvalue weighted by atomic mass is 16.3. The molecule has 2 aliphatic rings. The Bertz CT molecular complexity index is 861. The van der Waals surface area contributed by atoms with E-state index in [1.807, 2.05) is 42.5 Å². The standard InChI is InChI=1S/C24H29N3O3/c28-22-10-12-26(13-11-22)16-19-8-6-18(7-9-19)15-25-24(30)20-14-23(29)27(17-20)21-4-2-1-3-5-21/h1-9,20,22,28H,10-17H2,(H,25,30). The number of nitrogens with zero attached hydrogens (tertiary/aromatic N) is 2. The summed E-state index contributed by atoms with van der Waals surface area (Å²) < 4.78 is 0. The second-order valence-electron chi connectivity index (χ2n) is 8.28. The molecular formula is C24H29N3O3. The number of aliphatic hydroxyl groups excluding tert-OH is 1. The average Bonchev–Trinajstić information content (AvgIpc) is 3.17. The highest BCUT2D eigenvalue weighted by Gasteiger charge is 2.34. The molecule has 4 rings (SSSR count). The Hall–Kier alpha value is -2.70. The molecule has 0 aliphatic carbocycles. The van der Waals surface area contributed by atoms with Gasteiger partial charge in [-0.15, -0.1) is 0 Å². The number of anilines is 1. The van der Waals surface area contributed by atoms with Crippen LogP contribution in [0.5, 0.6) is 0 Å². The topological polar surface area (TPSA) is 72.9 Å². The molecule has 0 saturated carbocycles. The van der Waals surface area contributed by atoms with Gasteiger partial charge in [0.15, 0.2) is 0 Å². The molecule has 30 heavy (non-hydrogen) atoms. The van der Waals surface area contributed by atoms with Crippen LogP contribution in [-0.2, 0) is 22.7 Å². The summed E-state index contributed by atoms with van der Waals surface area (Å²) in [7, 11) is 0. The Labute approximate surface area is 177 Å². The van der Waals surface area contributed by atoms with Gasteiger partial charge in [0.25, 0.3) is 0 Å². The van der Waals surface area contributed by atoms with Gasteiger partial charge in [0.1, 0.15) is 0 Å². The minimum absolute atomic E-state index is 0.00376. The number of nitrogens with one attached hydrogen (secondary N) is 1.